The minimum atomic E-state index is -0.310. The molecule has 2 amide bonds. The van der Waals surface area contributed by atoms with Crippen LogP contribution in [0.3, 0.4) is 0 Å². The highest BCUT2D eigenvalue weighted by molar-refractivity contribution is 6.08. The SMILES string of the molecule is CCOC(=O)Cn1c(C)c(/C=N\N2C(=O)[C@@H]3[C@@H]4C=C[C@H]([C@H]5C[C@@H]45)[C@@H]3C2=O)c2ccccc21. The third kappa shape index (κ3) is 2.60. The normalized spacial score (nSPS) is 32.1. The number of ether oxygens (including phenoxy) is 1. The number of imide groups is 1. The number of benzene rings is 1. The van der Waals surface area contributed by atoms with Crippen molar-refractivity contribution in [1.29, 1.82) is 0 Å². The Morgan fingerprint density at radius 3 is 2.44 bits per heavy atom. The molecule has 0 spiro atoms. The summed E-state index contributed by atoms with van der Waals surface area (Å²) in [5.41, 5.74) is 2.52. The Morgan fingerprint density at radius 2 is 1.78 bits per heavy atom. The van der Waals surface area contributed by atoms with E-state index in [2.05, 4.69) is 17.3 Å². The molecule has 7 nitrogen and oxygen atoms in total. The Bertz CT molecular complexity index is 1190. The zero-order valence-corrected chi connectivity index (χ0v) is 18.1. The molecule has 5 aliphatic rings. The summed E-state index contributed by atoms with van der Waals surface area (Å²) < 4.78 is 7.01. The lowest BCUT2D eigenvalue weighted by atomic mass is 9.63. The molecule has 164 valence electrons. The predicted octanol–water partition coefficient (Wildman–Crippen LogP) is 2.90. The predicted molar refractivity (Wildman–Crippen MR) is 117 cm³/mol. The maximum atomic E-state index is 13.2. The van der Waals surface area contributed by atoms with Crippen molar-refractivity contribution >= 4 is 34.9 Å². The van der Waals surface area contributed by atoms with Crippen LogP contribution in [-0.4, -0.2) is 40.2 Å². The highest BCUT2D eigenvalue weighted by Gasteiger charge is 2.67. The van der Waals surface area contributed by atoms with Crippen LogP contribution in [0.5, 0.6) is 0 Å². The maximum Gasteiger partial charge on any atom is 0.325 e. The maximum absolute atomic E-state index is 13.2. The van der Waals surface area contributed by atoms with Crippen molar-refractivity contribution in [3.05, 3.63) is 47.7 Å². The summed E-state index contributed by atoms with van der Waals surface area (Å²) >= 11 is 0. The zero-order chi connectivity index (χ0) is 22.1. The first-order valence-electron chi connectivity index (χ1n) is 11.3. The number of esters is 1. The van der Waals surface area contributed by atoms with Gasteiger partial charge in [-0.25, -0.2) is 0 Å². The Balaban J connectivity index is 1.34. The summed E-state index contributed by atoms with van der Waals surface area (Å²) in [6.07, 6.45) is 7.05. The molecule has 4 aliphatic carbocycles. The molecule has 0 radical (unpaired) electrons. The number of carbonyl (C=O) groups is 3. The van der Waals surface area contributed by atoms with Crippen molar-refractivity contribution in [2.75, 3.05) is 6.61 Å². The first kappa shape index (κ1) is 19.5. The number of amides is 2. The quantitative estimate of drug-likeness (QED) is 0.316. The van der Waals surface area contributed by atoms with Crippen LogP contribution in [0, 0.1) is 42.4 Å². The lowest BCUT2D eigenvalue weighted by Gasteiger charge is -2.37. The first-order valence-corrected chi connectivity index (χ1v) is 11.3. The molecule has 0 N–H and O–H groups in total. The molecule has 6 atom stereocenters. The topological polar surface area (TPSA) is 81.0 Å². The van der Waals surface area contributed by atoms with Gasteiger partial charge in [0.15, 0.2) is 0 Å². The summed E-state index contributed by atoms with van der Waals surface area (Å²) in [4.78, 5) is 38.5. The number of fused-ring (bicyclic) bond motifs is 1. The second kappa shape index (κ2) is 6.89. The molecular formula is C25H25N3O4. The van der Waals surface area contributed by atoms with Gasteiger partial charge >= 0.3 is 5.97 Å². The molecule has 1 saturated heterocycles. The lowest BCUT2D eigenvalue weighted by Crippen LogP contribution is -2.40. The standard InChI is InChI=1S/C25H25N3O4/c1-3-32-21(29)12-27-13(2)19(14-6-4-5-7-20(14)27)11-26-28-24(30)22-15-8-9-16(18-10-17(15)18)23(22)25(28)31/h4-9,11,15-18,22-23H,3,10,12H2,1-2H3/b26-11-/t15-,16-,17-,18+,22+,23-/m1/s1. The van der Waals surface area contributed by atoms with Crippen molar-refractivity contribution in [3.63, 3.8) is 0 Å². The summed E-state index contributed by atoms with van der Waals surface area (Å²) in [6, 6.07) is 7.73. The molecule has 32 heavy (non-hydrogen) atoms. The van der Waals surface area contributed by atoms with Gasteiger partial charge in [-0.15, -0.1) is 0 Å². The third-order valence-corrected chi connectivity index (χ3v) is 7.81. The fraction of sp³-hybridized carbons (Fsp3) is 0.440. The van der Waals surface area contributed by atoms with Crippen molar-refractivity contribution in [2.24, 2.45) is 40.6 Å². The molecule has 7 rings (SSSR count). The summed E-state index contributed by atoms with van der Waals surface area (Å²) in [5, 5.41) is 6.42. The Morgan fingerprint density at radius 1 is 1.12 bits per heavy atom. The number of aromatic nitrogens is 1. The molecule has 1 aromatic carbocycles. The number of para-hydroxylation sites is 1. The number of nitrogens with zero attached hydrogens (tertiary/aromatic N) is 3. The highest BCUT2D eigenvalue weighted by atomic mass is 16.5. The van der Waals surface area contributed by atoms with Crippen molar-refractivity contribution < 1.29 is 19.1 Å². The second-order valence-corrected chi connectivity index (χ2v) is 9.29. The molecular weight excluding hydrogens is 406 g/mol. The number of hydrogen-bond acceptors (Lipinski definition) is 5. The van der Waals surface area contributed by atoms with E-state index in [9.17, 15) is 14.4 Å². The van der Waals surface area contributed by atoms with Gasteiger partial charge < -0.3 is 9.30 Å². The van der Waals surface area contributed by atoms with Gasteiger partial charge in [-0.05, 0) is 50.0 Å². The fourth-order valence-corrected chi connectivity index (χ4v) is 6.33. The van der Waals surface area contributed by atoms with Crippen molar-refractivity contribution in [3.8, 4) is 0 Å². The Hall–Kier alpha value is -3.22. The molecule has 2 aromatic rings. The van der Waals surface area contributed by atoms with Gasteiger partial charge in [0.1, 0.15) is 6.54 Å². The van der Waals surface area contributed by atoms with Crippen LogP contribution in [0.2, 0.25) is 0 Å². The van der Waals surface area contributed by atoms with Gasteiger partial charge in [0, 0.05) is 22.2 Å². The number of carbonyl (C=O) groups excluding carboxylic acids is 3. The number of allylic oxidation sites excluding steroid dienone is 2. The van der Waals surface area contributed by atoms with Gasteiger partial charge in [0.05, 0.1) is 24.7 Å². The van der Waals surface area contributed by atoms with Gasteiger partial charge in [-0.3, -0.25) is 14.4 Å². The average Bonchev–Trinajstić information content (AvgIpc) is 3.53. The van der Waals surface area contributed by atoms with Gasteiger partial charge in [0.25, 0.3) is 11.8 Å². The van der Waals surface area contributed by atoms with Gasteiger partial charge in [-0.1, -0.05) is 30.4 Å². The zero-order valence-electron chi connectivity index (χ0n) is 18.1. The summed E-state index contributed by atoms with van der Waals surface area (Å²) in [7, 11) is 0. The minimum Gasteiger partial charge on any atom is -0.465 e. The highest BCUT2D eigenvalue weighted by Crippen LogP contribution is 2.65. The number of hydrazone groups is 1. The smallest absolute Gasteiger partial charge is 0.325 e. The summed E-state index contributed by atoms with van der Waals surface area (Å²) in [5.74, 6) is 0.317. The van der Waals surface area contributed by atoms with Crippen molar-refractivity contribution in [2.45, 2.75) is 26.8 Å². The molecule has 7 heteroatoms. The van der Waals surface area contributed by atoms with E-state index >= 15 is 0 Å². The van der Waals surface area contributed by atoms with E-state index in [-0.39, 0.29) is 48.0 Å². The Kier molecular flexibility index (Phi) is 4.19. The second-order valence-electron chi connectivity index (χ2n) is 9.29. The van der Waals surface area contributed by atoms with Crippen LogP contribution in [0.15, 0.2) is 41.5 Å². The molecule has 3 fully saturated rings. The number of rotatable bonds is 5. The molecule has 2 saturated carbocycles. The molecule has 2 heterocycles. The minimum absolute atomic E-state index is 0.0948. The van der Waals surface area contributed by atoms with Crippen LogP contribution >= 0.6 is 0 Å². The number of hydrogen-bond donors (Lipinski definition) is 0. The van der Waals surface area contributed by atoms with E-state index in [0.29, 0.717) is 18.4 Å². The van der Waals surface area contributed by atoms with E-state index in [0.717, 1.165) is 33.6 Å². The average molecular weight is 431 g/mol. The van der Waals surface area contributed by atoms with E-state index in [1.54, 1.807) is 13.1 Å². The third-order valence-electron chi connectivity index (χ3n) is 7.81. The molecule has 1 aromatic heterocycles. The van der Waals surface area contributed by atoms with E-state index in [4.69, 9.17) is 4.74 Å². The Labute approximate surface area is 185 Å². The fourth-order valence-electron chi connectivity index (χ4n) is 6.33. The van der Waals surface area contributed by atoms with E-state index < -0.39 is 0 Å². The van der Waals surface area contributed by atoms with Gasteiger partial charge in [-0.2, -0.15) is 10.1 Å². The van der Waals surface area contributed by atoms with Crippen LogP contribution < -0.4 is 0 Å². The monoisotopic (exact) mass is 431 g/mol. The molecule has 2 bridgehead atoms. The molecule has 1 aliphatic heterocycles. The van der Waals surface area contributed by atoms with Gasteiger partial charge in [0.2, 0.25) is 0 Å². The van der Waals surface area contributed by atoms with E-state index in [1.807, 2.05) is 35.8 Å². The van der Waals surface area contributed by atoms with Crippen LogP contribution in [0.4, 0.5) is 0 Å². The van der Waals surface area contributed by atoms with Crippen LogP contribution in [-0.2, 0) is 25.7 Å². The van der Waals surface area contributed by atoms with E-state index in [1.165, 1.54) is 0 Å². The van der Waals surface area contributed by atoms with Crippen molar-refractivity contribution in [1.82, 2.24) is 9.58 Å². The van der Waals surface area contributed by atoms with Crippen LogP contribution in [0.1, 0.15) is 24.6 Å². The largest absolute Gasteiger partial charge is 0.465 e. The lowest BCUT2D eigenvalue weighted by molar-refractivity contribution is -0.144. The molecule has 0 unspecified atom stereocenters. The van der Waals surface area contributed by atoms with Crippen LogP contribution in [0.25, 0.3) is 10.9 Å². The summed E-state index contributed by atoms with van der Waals surface area (Å²) in [6.45, 7) is 4.11. The first-order chi connectivity index (χ1) is 15.5.